The number of nitrogens with zero attached hydrogens (tertiary/aromatic N) is 2. The first-order chi connectivity index (χ1) is 12.6. The zero-order valence-electron chi connectivity index (χ0n) is 14.9. The molecule has 1 aromatic rings. The van der Waals surface area contributed by atoms with Crippen molar-refractivity contribution in [2.45, 2.75) is 25.3 Å². The van der Waals surface area contributed by atoms with Crippen molar-refractivity contribution in [1.29, 1.82) is 0 Å². The smallest absolute Gasteiger partial charge is 0.322 e. The van der Waals surface area contributed by atoms with Crippen LogP contribution in [-0.2, 0) is 4.79 Å². The van der Waals surface area contributed by atoms with Crippen LogP contribution in [0.1, 0.15) is 29.6 Å². The lowest BCUT2D eigenvalue weighted by atomic mass is 10.1. The molecule has 0 unspecified atom stereocenters. The van der Waals surface area contributed by atoms with Gasteiger partial charge in [0.05, 0.1) is 0 Å². The van der Waals surface area contributed by atoms with Gasteiger partial charge in [-0.3, -0.25) is 14.5 Å². The van der Waals surface area contributed by atoms with Crippen molar-refractivity contribution in [3.63, 3.8) is 0 Å². The van der Waals surface area contributed by atoms with Gasteiger partial charge in [0, 0.05) is 50.1 Å². The van der Waals surface area contributed by atoms with Gasteiger partial charge in [0.25, 0.3) is 5.91 Å². The number of hydrogen-bond donors (Lipinski definition) is 3. The molecule has 3 N–H and O–H groups in total. The van der Waals surface area contributed by atoms with Gasteiger partial charge in [0.2, 0.25) is 0 Å². The van der Waals surface area contributed by atoms with Crippen LogP contribution >= 0.6 is 0 Å². The van der Waals surface area contributed by atoms with Gasteiger partial charge in [-0.2, -0.15) is 0 Å². The van der Waals surface area contributed by atoms with E-state index in [-0.39, 0.29) is 25.1 Å². The van der Waals surface area contributed by atoms with E-state index >= 15 is 0 Å². The second kappa shape index (κ2) is 8.51. The monoisotopic (exact) mass is 361 g/mol. The van der Waals surface area contributed by atoms with E-state index in [1.54, 1.807) is 24.3 Å². The lowest BCUT2D eigenvalue weighted by Gasteiger charge is -2.41. The minimum atomic E-state index is -0.944. The molecule has 0 radical (unpaired) electrons. The third kappa shape index (κ3) is 4.95. The maximum absolute atomic E-state index is 12.9. The molecule has 2 fully saturated rings. The largest absolute Gasteiger partial charge is 0.480 e. The Hall–Kier alpha value is -2.12. The summed E-state index contributed by atoms with van der Waals surface area (Å²) in [6.07, 6.45) is 3.26. The van der Waals surface area contributed by atoms with Crippen LogP contribution in [0.2, 0.25) is 0 Å². The van der Waals surface area contributed by atoms with Gasteiger partial charge in [-0.1, -0.05) is 6.07 Å². The number of carbonyl (C=O) groups excluding carboxylic acids is 1. The quantitative estimate of drug-likeness (QED) is 0.642. The highest BCUT2D eigenvalue weighted by Crippen LogP contribution is 2.31. The molecule has 26 heavy (non-hydrogen) atoms. The molecule has 1 aromatic carbocycles. The molecule has 1 saturated carbocycles. The maximum atomic E-state index is 12.9. The van der Waals surface area contributed by atoms with Crippen LogP contribution in [-0.4, -0.2) is 77.3 Å². The second-order valence-electron chi connectivity index (χ2n) is 7.18. The summed E-state index contributed by atoms with van der Waals surface area (Å²) in [4.78, 5) is 27.8. The van der Waals surface area contributed by atoms with Crippen molar-refractivity contribution in [1.82, 2.24) is 9.80 Å². The molecule has 7 nitrogen and oxygen atoms in total. The molecular formula is C19H27N3O4. The number of aliphatic hydroxyl groups is 1. The minimum Gasteiger partial charge on any atom is -0.480 e. The Kier molecular flexibility index (Phi) is 6.11. The number of aliphatic carboxylic acids is 1. The maximum Gasteiger partial charge on any atom is 0.322 e. The molecule has 3 rings (SSSR count). The van der Waals surface area contributed by atoms with E-state index < -0.39 is 5.97 Å². The first kappa shape index (κ1) is 18.7. The summed E-state index contributed by atoms with van der Waals surface area (Å²) >= 11 is 0. The van der Waals surface area contributed by atoms with E-state index in [0.29, 0.717) is 30.8 Å². The van der Waals surface area contributed by atoms with Crippen LogP contribution in [0.3, 0.4) is 0 Å². The van der Waals surface area contributed by atoms with Gasteiger partial charge < -0.3 is 20.4 Å². The molecule has 1 aliphatic heterocycles. The van der Waals surface area contributed by atoms with Crippen molar-refractivity contribution in [2.75, 3.05) is 44.6 Å². The number of anilines is 1. The van der Waals surface area contributed by atoms with Gasteiger partial charge in [-0.15, -0.1) is 0 Å². The van der Waals surface area contributed by atoms with E-state index in [0.717, 1.165) is 19.0 Å². The fraction of sp³-hybridized carbons (Fsp3) is 0.579. The summed E-state index contributed by atoms with van der Waals surface area (Å²) in [6.45, 7) is 3.16. The zero-order valence-corrected chi connectivity index (χ0v) is 14.9. The number of amides is 1. The van der Waals surface area contributed by atoms with Crippen LogP contribution in [0.5, 0.6) is 0 Å². The summed E-state index contributed by atoms with van der Waals surface area (Å²) in [5.41, 5.74) is 1.18. The van der Waals surface area contributed by atoms with Crippen LogP contribution < -0.4 is 5.32 Å². The number of carboxylic acids is 1. The Bertz CT molecular complexity index is 647. The van der Waals surface area contributed by atoms with Crippen molar-refractivity contribution in [3.05, 3.63) is 29.8 Å². The SMILES string of the molecule is O=C(O)CNc1cccc(C(=O)N2CCN(CC3CC3)[C@@H](CCO)C2)c1. The first-order valence-corrected chi connectivity index (χ1v) is 9.26. The van der Waals surface area contributed by atoms with Gasteiger partial charge >= 0.3 is 5.97 Å². The van der Waals surface area contributed by atoms with Gasteiger partial charge in [-0.25, -0.2) is 0 Å². The molecule has 1 aliphatic carbocycles. The number of piperazine rings is 1. The minimum absolute atomic E-state index is 0.0435. The average Bonchev–Trinajstić information content (AvgIpc) is 3.45. The molecule has 0 spiro atoms. The van der Waals surface area contributed by atoms with Crippen molar-refractivity contribution in [3.8, 4) is 0 Å². The van der Waals surface area contributed by atoms with E-state index in [2.05, 4.69) is 10.2 Å². The highest BCUT2D eigenvalue weighted by molar-refractivity contribution is 5.95. The Morgan fingerprint density at radius 2 is 2.04 bits per heavy atom. The summed E-state index contributed by atoms with van der Waals surface area (Å²) in [5.74, 6) is -0.200. The third-order valence-corrected chi connectivity index (χ3v) is 5.10. The summed E-state index contributed by atoms with van der Waals surface area (Å²) in [7, 11) is 0. The predicted molar refractivity (Wildman–Crippen MR) is 98.3 cm³/mol. The normalized spacial score (nSPS) is 20.8. The van der Waals surface area contributed by atoms with Crippen molar-refractivity contribution in [2.24, 2.45) is 5.92 Å². The van der Waals surface area contributed by atoms with E-state index in [1.165, 1.54) is 12.8 Å². The highest BCUT2D eigenvalue weighted by atomic mass is 16.4. The van der Waals surface area contributed by atoms with Gasteiger partial charge in [0.1, 0.15) is 6.54 Å². The first-order valence-electron chi connectivity index (χ1n) is 9.26. The molecule has 1 amide bonds. The second-order valence-corrected chi connectivity index (χ2v) is 7.18. The van der Waals surface area contributed by atoms with Crippen LogP contribution in [0.15, 0.2) is 24.3 Å². The Morgan fingerprint density at radius 1 is 1.23 bits per heavy atom. The standard InChI is InChI=1S/C19H27N3O4/c23-9-6-17-13-22(8-7-21(17)12-14-4-5-14)19(26)15-2-1-3-16(10-15)20-11-18(24)25/h1-3,10,14,17,20,23H,4-9,11-13H2,(H,24,25)/t17-/m0/s1. The zero-order chi connectivity index (χ0) is 18.5. The van der Waals surface area contributed by atoms with E-state index in [4.69, 9.17) is 5.11 Å². The molecule has 1 saturated heterocycles. The number of hydrogen-bond acceptors (Lipinski definition) is 5. The summed E-state index contributed by atoms with van der Waals surface area (Å²) in [5, 5.41) is 20.9. The lowest BCUT2D eigenvalue weighted by Crippen LogP contribution is -2.55. The Morgan fingerprint density at radius 3 is 2.73 bits per heavy atom. The topological polar surface area (TPSA) is 93.1 Å². The molecule has 0 bridgehead atoms. The van der Waals surface area contributed by atoms with Crippen LogP contribution in [0.25, 0.3) is 0 Å². The third-order valence-electron chi connectivity index (χ3n) is 5.10. The lowest BCUT2D eigenvalue weighted by molar-refractivity contribution is -0.134. The molecule has 0 aromatic heterocycles. The van der Waals surface area contributed by atoms with E-state index in [1.807, 2.05) is 4.90 Å². The molecule has 142 valence electrons. The van der Waals surface area contributed by atoms with Crippen LogP contribution in [0, 0.1) is 5.92 Å². The number of carboxylic acid groups (broad SMARTS) is 1. The van der Waals surface area contributed by atoms with Crippen molar-refractivity contribution < 1.29 is 19.8 Å². The van der Waals surface area contributed by atoms with Gasteiger partial charge in [-0.05, 0) is 43.4 Å². The Labute approximate surface area is 153 Å². The highest BCUT2D eigenvalue weighted by Gasteiger charge is 2.33. The number of aliphatic hydroxyl groups excluding tert-OH is 1. The molecule has 1 heterocycles. The van der Waals surface area contributed by atoms with Gasteiger partial charge in [0.15, 0.2) is 0 Å². The number of nitrogens with one attached hydrogen (secondary N) is 1. The summed E-state index contributed by atoms with van der Waals surface area (Å²) in [6, 6.07) is 7.16. The Balaban J connectivity index is 1.63. The van der Waals surface area contributed by atoms with Crippen LogP contribution in [0.4, 0.5) is 5.69 Å². The number of benzene rings is 1. The molecular weight excluding hydrogens is 334 g/mol. The fourth-order valence-electron chi connectivity index (χ4n) is 3.50. The summed E-state index contributed by atoms with van der Waals surface area (Å²) < 4.78 is 0. The molecule has 7 heteroatoms. The fourth-order valence-corrected chi connectivity index (χ4v) is 3.50. The van der Waals surface area contributed by atoms with Crippen molar-refractivity contribution >= 4 is 17.6 Å². The van der Waals surface area contributed by atoms with E-state index in [9.17, 15) is 14.7 Å². The molecule has 2 aliphatic rings. The predicted octanol–water partition coefficient (Wildman–Crippen LogP) is 1.10. The molecule has 1 atom stereocenters. The average molecular weight is 361 g/mol. The number of rotatable bonds is 8. The number of carbonyl (C=O) groups is 2.